The summed E-state index contributed by atoms with van der Waals surface area (Å²) in [6.07, 6.45) is 0.627. The molecule has 0 rings (SSSR count). The lowest BCUT2D eigenvalue weighted by molar-refractivity contribution is -0.114. The summed E-state index contributed by atoms with van der Waals surface area (Å²) >= 11 is 4.10. The Morgan fingerprint density at radius 1 is 0.967 bits per heavy atom. The minimum absolute atomic E-state index is 0.0730. The molecular weight excluding hydrogens is 416 g/mol. The minimum Gasteiger partial charge on any atom is -0.446 e. The van der Waals surface area contributed by atoms with E-state index in [1.165, 1.54) is 6.08 Å². The van der Waals surface area contributed by atoms with Crippen molar-refractivity contribution in [3.63, 3.8) is 0 Å². The Morgan fingerprint density at radius 3 is 2.43 bits per heavy atom. The number of ether oxygens (including phenoxy) is 5. The van der Waals surface area contributed by atoms with E-state index in [0.29, 0.717) is 45.0 Å². The van der Waals surface area contributed by atoms with Crippen molar-refractivity contribution in [3.05, 3.63) is 12.7 Å². The third-order valence-electron chi connectivity index (χ3n) is 3.47. The number of carbonyl (C=O) groups is 3. The Labute approximate surface area is 183 Å². The fourth-order valence-electron chi connectivity index (χ4n) is 1.93. The lowest BCUT2D eigenvalue weighted by Crippen LogP contribution is -2.37. The van der Waals surface area contributed by atoms with E-state index < -0.39 is 18.3 Å². The van der Waals surface area contributed by atoms with Crippen LogP contribution in [0.5, 0.6) is 0 Å². The van der Waals surface area contributed by atoms with Gasteiger partial charge in [-0.1, -0.05) is 6.58 Å². The molecule has 0 bridgehead atoms. The molecule has 2 amide bonds. The highest BCUT2D eigenvalue weighted by Gasteiger charge is 2.17. The Bertz CT molecular complexity index is 493. The number of thiol groups is 1. The molecule has 11 heteroatoms. The summed E-state index contributed by atoms with van der Waals surface area (Å²) in [7, 11) is 1.57. The first-order valence-corrected chi connectivity index (χ1v) is 10.4. The maximum Gasteiger partial charge on any atom is 0.407 e. The fraction of sp³-hybridized carbons (Fsp3) is 0.737. The summed E-state index contributed by atoms with van der Waals surface area (Å²) < 4.78 is 25.8. The Balaban J connectivity index is 4.18. The summed E-state index contributed by atoms with van der Waals surface area (Å²) in [6, 6.07) is 0. The summed E-state index contributed by atoms with van der Waals surface area (Å²) in [6.45, 7) is 5.52. The lowest BCUT2D eigenvalue weighted by atomic mass is 10.2. The lowest BCUT2D eigenvalue weighted by Gasteiger charge is -2.18. The molecule has 0 saturated heterocycles. The maximum absolute atomic E-state index is 11.9. The molecule has 0 aliphatic rings. The van der Waals surface area contributed by atoms with Crippen molar-refractivity contribution >= 4 is 30.6 Å². The van der Waals surface area contributed by atoms with Crippen molar-refractivity contribution in [2.24, 2.45) is 0 Å². The summed E-state index contributed by atoms with van der Waals surface area (Å²) in [5, 5.41) is 5.07. The molecule has 0 aliphatic carbocycles. The van der Waals surface area contributed by atoms with E-state index in [9.17, 15) is 14.4 Å². The second kappa shape index (κ2) is 20.5. The van der Waals surface area contributed by atoms with Gasteiger partial charge in [0.2, 0.25) is 0 Å². The van der Waals surface area contributed by atoms with Gasteiger partial charge >= 0.3 is 12.2 Å². The molecule has 10 nitrogen and oxygen atoms in total. The monoisotopic (exact) mass is 450 g/mol. The number of nitrogens with one attached hydrogen (secondary N) is 2. The van der Waals surface area contributed by atoms with Gasteiger partial charge in [-0.05, 0) is 24.7 Å². The van der Waals surface area contributed by atoms with Crippen LogP contribution in [-0.2, 0) is 28.5 Å². The SMILES string of the molecule is C=CC(=O)CCCNC(=O)OC(COCCCS)COC(=O)NCCOCCOC. The number of hydrogen-bond donors (Lipinski definition) is 3. The van der Waals surface area contributed by atoms with E-state index in [4.69, 9.17) is 23.7 Å². The van der Waals surface area contributed by atoms with Crippen LogP contribution in [-0.4, -0.2) is 89.7 Å². The van der Waals surface area contributed by atoms with Gasteiger partial charge in [-0.25, -0.2) is 9.59 Å². The molecular formula is C19H34N2O8S. The number of methoxy groups -OCH3 is 1. The van der Waals surface area contributed by atoms with E-state index in [1.807, 2.05) is 0 Å². The van der Waals surface area contributed by atoms with Crippen molar-refractivity contribution < 1.29 is 38.1 Å². The zero-order valence-electron chi connectivity index (χ0n) is 17.6. The van der Waals surface area contributed by atoms with Crippen LogP contribution in [0.2, 0.25) is 0 Å². The van der Waals surface area contributed by atoms with Gasteiger partial charge in [-0.3, -0.25) is 4.79 Å². The van der Waals surface area contributed by atoms with Gasteiger partial charge in [0.05, 0.1) is 26.4 Å². The van der Waals surface area contributed by atoms with E-state index >= 15 is 0 Å². The van der Waals surface area contributed by atoms with Gasteiger partial charge in [0, 0.05) is 33.2 Å². The second-order valence-corrected chi connectivity index (χ2v) is 6.46. The van der Waals surface area contributed by atoms with Crippen molar-refractivity contribution in [1.29, 1.82) is 0 Å². The number of ketones is 1. The van der Waals surface area contributed by atoms with E-state index in [1.54, 1.807) is 7.11 Å². The average molecular weight is 451 g/mol. The molecule has 1 unspecified atom stereocenters. The zero-order valence-corrected chi connectivity index (χ0v) is 18.5. The van der Waals surface area contributed by atoms with Gasteiger partial charge in [0.1, 0.15) is 6.61 Å². The highest BCUT2D eigenvalue weighted by Crippen LogP contribution is 1.99. The molecule has 0 aromatic heterocycles. The quantitative estimate of drug-likeness (QED) is 0.153. The van der Waals surface area contributed by atoms with Crippen LogP contribution in [0.25, 0.3) is 0 Å². The van der Waals surface area contributed by atoms with E-state index in [2.05, 4.69) is 29.8 Å². The highest BCUT2D eigenvalue weighted by molar-refractivity contribution is 7.80. The molecule has 30 heavy (non-hydrogen) atoms. The standard InChI is InChI=1S/C19H34N2O8S/c1-3-16(22)6-4-7-20-19(24)29-17(14-27-9-5-13-30)15-28-18(23)21-8-10-26-12-11-25-2/h3,17,30H,1,4-15H2,2H3,(H,20,24)(H,21,23). The number of allylic oxidation sites excluding steroid dienone is 1. The molecule has 0 aromatic rings. The predicted molar refractivity (Wildman–Crippen MR) is 114 cm³/mol. The number of amides is 2. The third kappa shape index (κ3) is 18.2. The van der Waals surface area contributed by atoms with Crippen LogP contribution < -0.4 is 10.6 Å². The molecule has 0 fully saturated rings. The second-order valence-electron chi connectivity index (χ2n) is 6.01. The van der Waals surface area contributed by atoms with Crippen LogP contribution in [0.1, 0.15) is 19.3 Å². The molecule has 0 spiro atoms. The number of alkyl carbamates (subject to hydrolysis) is 2. The van der Waals surface area contributed by atoms with Crippen LogP contribution in [0.3, 0.4) is 0 Å². The van der Waals surface area contributed by atoms with Gasteiger partial charge in [0.15, 0.2) is 11.9 Å². The zero-order chi connectivity index (χ0) is 22.5. The van der Waals surface area contributed by atoms with Crippen LogP contribution in [0, 0.1) is 0 Å². The highest BCUT2D eigenvalue weighted by atomic mass is 32.1. The maximum atomic E-state index is 11.9. The van der Waals surface area contributed by atoms with Crippen molar-refractivity contribution in [3.8, 4) is 0 Å². The Kier molecular flexibility index (Phi) is 19.2. The molecule has 0 radical (unpaired) electrons. The predicted octanol–water partition coefficient (Wildman–Crippen LogP) is 1.34. The minimum atomic E-state index is -0.775. The third-order valence-corrected chi connectivity index (χ3v) is 3.79. The summed E-state index contributed by atoms with van der Waals surface area (Å²) in [5.41, 5.74) is 0. The van der Waals surface area contributed by atoms with Crippen molar-refractivity contribution in [1.82, 2.24) is 10.6 Å². The van der Waals surface area contributed by atoms with Crippen molar-refractivity contribution in [2.45, 2.75) is 25.4 Å². The number of rotatable bonds is 19. The van der Waals surface area contributed by atoms with Crippen LogP contribution >= 0.6 is 12.6 Å². The molecule has 0 aromatic carbocycles. The first-order chi connectivity index (χ1) is 14.5. The molecule has 174 valence electrons. The summed E-state index contributed by atoms with van der Waals surface area (Å²) in [4.78, 5) is 34.8. The average Bonchev–Trinajstić information content (AvgIpc) is 2.74. The van der Waals surface area contributed by atoms with Gasteiger partial charge in [-0.15, -0.1) is 0 Å². The number of carbonyl (C=O) groups excluding carboxylic acids is 3. The van der Waals surface area contributed by atoms with Gasteiger partial charge in [0.25, 0.3) is 0 Å². The topological polar surface area (TPSA) is 121 Å². The first-order valence-electron chi connectivity index (χ1n) is 9.79. The van der Waals surface area contributed by atoms with E-state index in [0.717, 1.165) is 6.42 Å². The fourth-order valence-corrected chi connectivity index (χ4v) is 2.06. The Morgan fingerprint density at radius 2 is 1.73 bits per heavy atom. The Hall–Kier alpha value is -1.82. The van der Waals surface area contributed by atoms with E-state index in [-0.39, 0.29) is 32.1 Å². The molecule has 0 saturated carbocycles. The van der Waals surface area contributed by atoms with Gasteiger partial charge in [-0.2, -0.15) is 12.6 Å². The van der Waals surface area contributed by atoms with Crippen LogP contribution in [0.4, 0.5) is 9.59 Å². The normalized spacial score (nSPS) is 11.4. The molecule has 1 atom stereocenters. The van der Waals surface area contributed by atoms with Gasteiger partial charge < -0.3 is 34.3 Å². The molecule has 0 aliphatic heterocycles. The number of hydrogen-bond acceptors (Lipinski definition) is 9. The molecule has 2 N–H and O–H groups in total. The van der Waals surface area contributed by atoms with Crippen LogP contribution in [0.15, 0.2) is 12.7 Å². The smallest absolute Gasteiger partial charge is 0.407 e. The van der Waals surface area contributed by atoms with Crippen molar-refractivity contribution in [2.75, 3.05) is 65.6 Å². The summed E-state index contributed by atoms with van der Waals surface area (Å²) in [5.74, 6) is 0.574. The first kappa shape index (κ1) is 28.2. The largest absolute Gasteiger partial charge is 0.446 e. The molecule has 0 heterocycles.